The minimum absolute atomic E-state index is 0.0252. The normalized spacial score (nSPS) is 10.0. The third-order valence-corrected chi connectivity index (χ3v) is 3.63. The zero-order valence-corrected chi connectivity index (χ0v) is 14.0. The Bertz CT molecular complexity index is 923. The fourth-order valence-corrected chi connectivity index (χ4v) is 2.15. The zero-order chi connectivity index (χ0) is 18.6. The maximum absolute atomic E-state index is 12.2. The minimum Gasteiger partial charge on any atom is -0.465 e. The molecular formula is C17H16N4O4. The fourth-order valence-electron chi connectivity index (χ4n) is 2.15. The van der Waals surface area contributed by atoms with Crippen molar-refractivity contribution >= 4 is 17.6 Å². The molecule has 1 N–H and O–H groups in total. The number of aryl methyl sites for hydroxylation is 1. The molecule has 0 atom stereocenters. The molecule has 0 radical (unpaired) electrons. The number of hydrogen-bond acceptors (Lipinski definition) is 6. The van der Waals surface area contributed by atoms with E-state index in [0.29, 0.717) is 22.5 Å². The topological polar surface area (TPSA) is 114 Å². The van der Waals surface area contributed by atoms with Crippen LogP contribution in [0.25, 0.3) is 0 Å². The highest BCUT2D eigenvalue weighted by Gasteiger charge is 2.14. The Hall–Kier alpha value is -3.47. The van der Waals surface area contributed by atoms with Gasteiger partial charge in [-0.2, -0.15) is 10.4 Å². The summed E-state index contributed by atoms with van der Waals surface area (Å²) in [7, 11) is 1.28. The van der Waals surface area contributed by atoms with Gasteiger partial charge in [-0.05, 0) is 43.7 Å². The van der Waals surface area contributed by atoms with Gasteiger partial charge in [-0.1, -0.05) is 0 Å². The number of ether oxygens (including phenoxy) is 1. The molecule has 0 aliphatic carbocycles. The van der Waals surface area contributed by atoms with Gasteiger partial charge in [0.2, 0.25) is 5.91 Å². The molecule has 8 heteroatoms. The van der Waals surface area contributed by atoms with Gasteiger partial charge in [0.15, 0.2) is 0 Å². The van der Waals surface area contributed by atoms with E-state index in [0.717, 1.165) is 4.68 Å². The number of rotatable bonds is 4. The molecule has 1 aromatic carbocycles. The van der Waals surface area contributed by atoms with Crippen molar-refractivity contribution < 1.29 is 14.3 Å². The molecule has 0 saturated carbocycles. The molecule has 0 saturated heterocycles. The SMILES string of the molecule is COC(=O)c1ccc(NC(=O)Cn2nc(C)c(C)c(C#N)c2=O)cc1. The van der Waals surface area contributed by atoms with E-state index in [1.54, 1.807) is 26.0 Å². The predicted octanol–water partition coefficient (Wildman–Crippen LogP) is 1.16. The molecule has 2 aromatic rings. The van der Waals surface area contributed by atoms with Gasteiger partial charge in [0.1, 0.15) is 18.2 Å². The van der Waals surface area contributed by atoms with E-state index in [9.17, 15) is 14.4 Å². The first-order chi connectivity index (χ1) is 11.9. The number of nitriles is 1. The van der Waals surface area contributed by atoms with Crippen molar-refractivity contribution in [2.75, 3.05) is 12.4 Å². The van der Waals surface area contributed by atoms with Crippen molar-refractivity contribution in [1.82, 2.24) is 9.78 Å². The lowest BCUT2D eigenvalue weighted by Gasteiger charge is -2.10. The third kappa shape index (κ3) is 3.90. The first-order valence-electron chi connectivity index (χ1n) is 7.34. The Balaban J connectivity index is 2.16. The number of esters is 1. The van der Waals surface area contributed by atoms with Gasteiger partial charge < -0.3 is 10.1 Å². The van der Waals surface area contributed by atoms with Crippen LogP contribution in [0.5, 0.6) is 0 Å². The summed E-state index contributed by atoms with van der Waals surface area (Å²) in [6.45, 7) is 2.97. The molecule has 0 aliphatic heterocycles. The lowest BCUT2D eigenvalue weighted by molar-refractivity contribution is -0.117. The Morgan fingerprint density at radius 1 is 1.28 bits per heavy atom. The van der Waals surface area contributed by atoms with Crippen molar-refractivity contribution in [3.63, 3.8) is 0 Å². The highest BCUT2D eigenvalue weighted by Crippen LogP contribution is 2.10. The van der Waals surface area contributed by atoms with Crippen molar-refractivity contribution in [1.29, 1.82) is 5.26 Å². The first kappa shape index (κ1) is 17.9. The number of benzene rings is 1. The van der Waals surface area contributed by atoms with Crippen LogP contribution in [0.15, 0.2) is 29.1 Å². The van der Waals surface area contributed by atoms with Gasteiger partial charge in [0, 0.05) is 5.69 Å². The minimum atomic E-state index is -0.609. The van der Waals surface area contributed by atoms with Crippen molar-refractivity contribution in [2.45, 2.75) is 20.4 Å². The number of nitrogens with one attached hydrogen (secondary N) is 1. The zero-order valence-electron chi connectivity index (χ0n) is 14.0. The molecule has 0 spiro atoms. The van der Waals surface area contributed by atoms with E-state index >= 15 is 0 Å². The Morgan fingerprint density at radius 3 is 2.48 bits per heavy atom. The molecule has 128 valence electrons. The predicted molar refractivity (Wildman–Crippen MR) is 89.1 cm³/mol. The maximum atomic E-state index is 12.2. The summed E-state index contributed by atoms with van der Waals surface area (Å²) in [6.07, 6.45) is 0. The Labute approximate surface area is 143 Å². The smallest absolute Gasteiger partial charge is 0.337 e. The second-order valence-corrected chi connectivity index (χ2v) is 5.28. The number of carbonyl (C=O) groups excluding carboxylic acids is 2. The summed E-state index contributed by atoms with van der Waals surface area (Å²) >= 11 is 0. The van der Waals surface area contributed by atoms with E-state index < -0.39 is 17.4 Å². The maximum Gasteiger partial charge on any atom is 0.337 e. The lowest BCUT2D eigenvalue weighted by atomic mass is 10.1. The van der Waals surface area contributed by atoms with E-state index in [1.807, 2.05) is 6.07 Å². The van der Waals surface area contributed by atoms with Gasteiger partial charge in [-0.15, -0.1) is 0 Å². The van der Waals surface area contributed by atoms with Crippen LogP contribution in [-0.4, -0.2) is 28.8 Å². The van der Waals surface area contributed by atoms with Crippen LogP contribution in [0.3, 0.4) is 0 Å². The number of anilines is 1. The highest BCUT2D eigenvalue weighted by molar-refractivity contribution is 5.92. The second kappa shape index (κ2) is 7.40. The molecule has 1 aromatic heterocycles. The van der Waals surface area contributed by atoms with Gasteiger partial charge >= 0.3 is 5.97 Å². The van der Waals surface area contributed by atoms with E-state index in [1.165, 1.54) is 19.2 Å². The number of hydrogen-bond donors (Lipinski definition) is 1. The lowest BCUT2D eigenvalue weighted by Crippen LogP contribution is -2.32. The van der Waals surface area contributed by atoms with Crippen LogP contribution in [0, 0.1) is 25.2 Å². The average molecular weight is 340 g/mol. The molecular weight excluding hydrogens is 324 g/mol. The van der Waals surface area contributed by atoms with Crippen LogP contribution < -0.4 is 10.9 Å². The van der Waals surface area contributed by atoms with E-state index in [2.05, 4.69) is 15.2 Å². The van der Waals surface area contributed by atoms with Crippen LogP contribution in [0.2, 0.25) is 0 Å². The molecule has 25 heavy (non-hydrogen) atoms. The highest BCUT2D eigenvalue weighted by atomic mass is 16.5. The molecule has 0 fully saturated rings. The van der Waals surface area contributed by atoms with Crippen LogP contribution in [0.1, 0.15) is 27.2 Å². The monoisotopic (exact) mass is 340 g/mol. The average Bonchev–Trinajstić information content (AvgIpc) is 2.60. The molecule has 2 rings (SSSR count). The molecule has 0 unspecified atom stereocenters. The molecule has 1 heterocycles. The summed E-state index contributed by atoms with van der Waals surface area (Å²) in [5.41, 5.74) is 1.18. The van der Waals surface area contributed by atoms with Crippen LogP contribution in [-0.2, 0) is 16.1 Å². The summed E-state index contributed by atoms with van der Waals surface area (Å²) in [4.78, 5) is 35.6. The van der Waals surface area contributed by atoms with Crippen LogP contribution in [0.4, 0.5) is 5.69 Å². The summed E-state index contributed by atoms with van der Waals surface area (Å²) in [5, 5.41) is 15.7. The van der Waals surface area contributed by atoms with Crippen molar-refractivity contribution in [3.8, 4) is 6.07 Å². The van der Waals surface area contributed by atoms with Gasteiger partial charge in [-0.3, -0.25) is 9.59 Å². The van der Waals surface area contributed by atoms with Gasteiger partial charge in [0.25, 0.3) is 5.56 Å². The van der Waals surface area contributed by atoms with Crippen molar-refractivity contribution in [3.05, 3.63) is 57.0 Å². The number of carbonyl (C=O) groups is 2. The Kier molecular flexibility index (Phi) is 5.29. The van der Waals surface area contributed by atoms with Gasteiger partial charge in [0.05, 0.1) is 18.4 Å². The molecule has 1 amide bonds. The van der Waals surface area contributed by atoms with E-state index in [-0.39, 0.29) is 12.1 Å². The number of aromatic nitrogens is 2. The summed E-state index contributed by atoms with van der Waals surface area (Å²) < 4.78 is 5.55. The van der Waals surface area contributed by atoms with Crippen LogP contribution >= 0.6 is 0 Å². The quantitative estimate of drug-likeness (QED) is 0.835. The number of nitrogens with zero attached hydrogens (tertiary/aromatic N) is 3. The van der Waals surface area contributed by atoms with Gasteiger partial charge in [-0.25, -0.2) is 9.48 Å². The molecule has 8 nitrogen and oxygen atoms in total. The first-order valence-corrected chi connectivity index (χ1v) is 7.34. The Morgan fingerprint density at radius 2 is 1.92 bits per heavy atom. The summed E-state index contributed by atoms with van der Waals surface area (Å²) in [6, 6.07) is 7.95. The fraction of sp³-hybridized carbons (Fsp3) is 0.235. The molecule has 0 aliphatic rings. The van der Waals surface area contributed by atoms with Crippen molar-refractivity contribution in [2.24, 2.45) is 0 Å². The third-order valence-electron chi connectivity index (χ3n) is 3.63. The molecule has 0 bridgehead atoms. The second-order valence-electron chi connectivity index (χ2n) is 5.28. The summed E-state index contributed by atoms with van der Waals surface area (Å²) in [5.74, 6) is -0.958. The largest absolute Gasteiger partial charge is 0.465 e. The number of amides is 1. The van der Waals surface area contributed by atoms with E-state index in [4.69, 9.17) is 5.26 Å². The standard InChI is InChI=1S/C17H16N4O4/c1-10-11(2)20-21(16(23)14(10)8-18)9-15(22)19-13-6-4-12(5-7-13)17(24)25-3/h4-7H,9H2,1-3H3,(H,19,22). The number of methoxy groups -OCH3 is 1.